The predicted molar refractivity (Wildman–Crippen MR) is 84.0 cm³/mol. The van der Waals surface area contributed by atoms with Gasteiger partial charge in [-0.15, -0.1) is 5.10 Å². The summed E-state index contributed by atoms with van der Waals surface area (Å²) >= 11 is 0. The molecular weight excluding hydrogens is 330 g/mol. The van der Waals surface area contributed by atoms with Gasteiger partial charge in [0.2, 0.25) is 0 Å². The van der Waals surface area contributed by atoms with Gasteiger partial charge in [0.15, 0.2) is 6.23 Å². The van der Waals surface area contributed by atoms with Crippen LogP contribution < -0.4 is 0 Å². The lowest BCUT2D eigenvalue weighted by Gasteiger charge is -2.40. The Morgan fingerprint density at radius 1 is 1.04 bits per heavy atom. The summed E-state index contributed by atoms with van der Waals surface area (Å²) in [6.07, 6.45) is -4.95. The molecule has 0 saturated carbocycles. The van der Waals surface area contributed by atoms with E-state index in [4.69, 9.17) is 9.47 Å². The maximum absolute atomic E-state index is 10.2. The number of benzene rings is 1. The Balaban J connectivity index is 1.68. The summed E-state index contributed by atoms with van der Waals surface area (Å²) in [4.78, 5) is 0. The van der Waals surface area contributed by atoms with Crippen LogP contribution in [0.25, 0.3) is 0 Å². The second kappa shape index (κ2) is 8.00. The van der Waals surface area contributed by atoms with Gasteiger partial charge < -0.3 is 29.9 Å². The van der Waals surface area contributed by atoms with E-state index in [1.807, 2.05) is 30.3 Å². The van der Waals surface area contributed by atoms with Crippen LogP contribution in [0.5, 0.6) is 0 Å². The second-order valence-electron chi connectivity index (χ2n) is 5.87. The molecule has 5 atom stereocenters. The first-order chi connectivity index (χ1) is 12.1. The van der Waals surface area contributed by atoms with E-state index in [1.54, 1.807) is 0 Å². The van der Waals surface area contributed by atoms with Crippen molar-refractivity contribution in [2.75, 3.05) is 6.61 Å². The zero-order valence-electron chi connectivity index (χ0n) is 13.4. The van der Waals surface area contributed by atoms with Crippen molar-refractivity contribution < 1.29 is 29.9 Å². The van der Waals surface area contributed by atoms with E-state index < -0.39 is 37.3 Å². The Labute approximate surface area is 144 Å². The van der Waals surface area contributed by atoms with Gasteiger partial charge in [-0.3, -0.25) is 0 Å². The number of aliphatic hydroxyl groups excluding tert-OH is 4. The van der Waals surface area contributed by atoms with Crippen molar-refractivity contribution in [2.24, 2.45) is 0 Å². The molecule has 2 aromatic rings. The first-order valence-electron chi connectivity index (χ1n) is 7.93. The fourth-order valence-corrected chi connectivity index (χ4v) is 2.71. The first-order valence-corrected chi connectivity index (χ1v) is 7.93. The molecule has 0 radical (unpaired) electrons. The number of aromatic nitrogens is 3. The molecule has 136 valence electrons. The predicted octanol–water partition coefficient (Wildman–Crippen LogP) is -1.03. The minimum absolute atomic E-state index is 0.164. The van der Waals surface area contributed by atoms with E-state index in [0.717, 1.165) is 5.56 Å². The highest BCUT2D eigenvalue weighted by molar-refractivity contribution is 5.13. The molecule has 1 aromatic heterocycles. The molecule has 2 heterocycles. The number of nitrogens with zero attached hydrogens (tertiary/aromatic N) is 3. The van der Waals surface area contributed by atoms with Gasteiger partial charge in [0, 0.05) is 0 Å². The number of ether oxygens (including phenoxy) is 2. The van der Waals surface area contributed by atoms with Gasteiger partial charge in [-0.05, 0) is 5.56 Å². The minimum Gasteiger partial charge on any atom is -0.394 e. The van der Waals surface area contributed by atoms with Crippen molar-refractivity contribution in [1.29, 1.82) is 0 Å². The molecule has 0 bridgehead atoms. The van der Waals surface area contributed by atoms with Crippen LogP contribution >= 0.6 is 0 Å². The third kappa shape index (κ3) is 3.87. The van der Waals surface area contributed by atoms with Crippen molar-refractivity contribution in [1.82, 2.24) is 15.0 Å². The van der Waals surface area contributed by atoms with Crippen molar-refractivity contribution in [3.05, 3.63) is 47.8 Å². The first kappa shape index (κ1) is 17.9. The largest absolute Gasteiger partial charge is 0.394 e. The Morgan fingerprint density at radius 3 is 2.52 bits per heavy atom. The Hall–Kier alpha value is -1.88. The molecule has 1 aromatic carbocycles. The lowest BCUT2D eigenvalue weighted by atomic mass is 9.98. The molecule has 9 heteroatoms. The summed E-state index contributed by atoms with van der Waals surface area (Å²) in [6.45, 7) is 0.0492. The van der Waals surface area contributed by atoms with E-state index in [0.29, 0.717) is 12.3 Å². The van der Waals surface area contributed by atoms with Crippen molar-refractivity contribution in [2.45, 2.75) is 43.9 Å². The average Bonchev–Trinajstić information content (AvgIpc) is 3.09. The quantitative estimate of drug-likeness (QED) is 0.520. The van der Waals surface area contributed by atoms with Crippen LogP contribution in [0, 0.1) is 0 Å². The van der Waals surface area contributed by atoms with Gasteiger partial charge in [0.1, 0.15) is 24.4 Å². The number of hydrogen-bond donors (Lipinski definition) is 4. The van der Waals surface area contributed by atoms with Crippen molar-refractivity contribution >= 4 is 0 Å². The normalized spacial score (nSPS) is 29.7. The molecule has 1 aliphatic heterocycles. The van der Waals surface area contributed by atoms with Crippen LogP contribution in [-0.2, 0) is 22.7 Å². The maximum Gasteiger partial charge on any atom is 0.181 e. The van der Waals surface area contributed by atoms with Crippen LogP contribution in [0.4, 0.5) is 0 Å². The summed E-state index contributed by atoms with van der Waals surface area (Å²) in [5.41, 5.74) is 1.54. The molecule has 0 aliphatic carbocycles. The van der Waals surface area contributed by atoms with E-state index in [-0.39, 0.29) is 6.61 Å². The second-order valence-corrected chi connectivity index (χ2v) is 5.87. The zero-order chi connectivity index (χ0) is 17.8. The van der Waals surface area contributed by atoms with E-state index in [9.17, 15) is 20.4 Å². The molecule has 1 saturated heterocycles. The third-order valence-electron chi connectivity index (χ3n) is 4.12. The van der Waals surface area contributed by atoms with Gasteiger partial charge in [-0.25, -0.2) is 4.68 Å². The molecule has 0 spiro atoms. The van der Waals surface area contributed by atoms with Gasteiger partial charge in [0.05, 0.1) is 31.7 Å². The molecule has 0 unspecified atom stereocenters. The Kier molecular flexibility index (Phi) is 5.74. The summed E-state index contributed by atoms with van der Waals surface area (Å²) < 4.78 is 12.4. The Morgan fingerprint density at radius 2 is 1.80 bits per heavy atom. The standard InChI is InChI=1S/C16H21N3O6/c20-7-12-13(21)14(22)15(23)16(25-12)19-11(6-17-18-19)9-24-8-10-4-2-1-3-5-10/h1-6,12-16,20-23H,7-9H2/t12-,13+,14+,15-,16-/m1/s1. The van der Waals surface area contributed by atoms with Crippen LogP contribution in [0.3, 0.4) is 0 Å². The molecule has 9 nitrogen and oxygen atoms in total. The maximum atomic E-state index is 10.2. The molecule has 0 amide bonds. The van der Waals surface area contributed by atoms with Crippen LogP contribution in [0.2, 0.25) is 0 Å². The van der Waals surface area contributed by atoms with E-state index in [1.165, 1.54) is 10.9 Å². The highest BCUT2D eigenvalue weighted by Crippen LogP contribution is 2.28. The molecule has 4 N–H and O–H groups in total. The molecule has 1 aliphatic rings. The van der Waals surface area contributed by atoms with Crippen LogP contribution in [-0.4, -0.2) is 66.4 Å². The molecule has 25 heavy (non-hydrogen) atoms. The Bertz CT molecular complexity index is 665. The highest BCUT2D eigenvalue weighted by Gasteiger charge is 2.45. The van der Waals surface area contributed by atoms with Crippen molar-refractivity contribution in [3.8, 4) is 0 Å². The average molecular weight is 351 g/mol. The molecular formula is C16H21N3O6. The van der Waals surface area contributed by atoms with E-state index >= 15 is 0 Å². The lowest BCUT2D eigenvalue weighted by molar-refractivity contribution is -0.255. The molecule has 3 rings (SSSR count). The van der Waals surface area contributed by atoms with Crippen LogP contribution in [0.1, 0.15) is 17.5 Å². The highest BCUT2D eigenvalue weighted by atomic mass is 16.6. The van der Waals surface area contributed by atoms with Gasteiger partial charge in [-0.1, -0.05) is 35.5 Å². The van der Waals surface area contributed by atoms with Gasteiger partial charge in [-0.2, -0.15) is 0 Å². The smallest absolute Gasteiger partial charge is 0.181 e. The number of aliphatic hydroxyl groups is 4. The minimum atomic E-state index is -1.47. The fourth-order valence-electron chi connectivity index (χ4n) is 2.71. The van der Waals surface area contributed by atoms with Gasteiger partial charge >= 0.3 is 0 Å². The van der Waals surface area contributed by atoms with Gasteiger partial charge in [0.25, 0.3) is 0 Å². The summed E-state index contributed by atoms with van der Waals surface area (Å²) in [5.74, 6) is 0. The lowest BCUT2D eigenvalue weighted by Crippen LogP contribution is -2.56. The monoisotopic (exact) mass is 351 g/mol. The SMILES string of the molecule is OC[C@H]1O[C@@H](n2nncc2COCc2ccccc2)[C@H](O)[C@@H](O)[C@H]1O. The van der Waals surface area contributed by atoms with Crippen molar-refractivity contribution in [3.63, 3.8) is 0 Å². The van der Waals surface area contributed by atoms with E-state index in [2.05, 4.69) is 10.3 Å². The number of hydrogen-bond acceptors (Lipinski definition) is 8. The zero-order valence-corrected chi connectivity index (χ0v) is 13.4. The third-order valence-corrected chi connectivity index (χ3v) is 4.12. The fraction of sp³-hybridized carbons (Fsp3) is 0.500. The summed E-state index contributed by atoms with van der Waals surface area (Å²) in [6, 6.07) is 9.62. The molecule has 1 fully saturated rings. The van der Waals surface area contributed by atoms with Crippen LogP contribution in [0.15, 0.2) is 36.5 Å². The summed E-state index contributed by atoms with van der Waals surface area (Å²) in [5, 5.41) is 46.8. The topological polar surface area (TPSA) is 130 Å². The summed E-state index contributed by atoms with van der Waals surface area (Å²) in [7, 11) is 0. The number of rotatable bonds is 6.